The first-order valence-electron chi connectivity index (χ1n) is 7.31. The molecule has 0 heterocycles. The molecular weight excluding hydrogens is 238 g/mol. The van der Waals surface area contributed by atoms with E-state index in [1.54, 1.807) is 18.2 Å². The number of phenols is 1. The lowest BCUT2D eigenvalue weighted by atomic mass is 9.90. The summed E-state index contributed by atoms with van der Waals surface area (Å²) in [6, 6.07) is 7.04. The number of benzene rings is 1. The molecule has 1 aromatic rings. The Balaban J connectivity index is 1.82. The second kappa shape index (κ2) is 7.17. The molecule has 2 rings (SSSR count). The number of nitrogens with one attached hydrogen (secondary N) is 1. The van der Waals surface area contributed by atoms with Crippen LogP contribution in [0.3, 0.4) is 0 Å². The minimum atomic E-state index is 0.172. The number of carbonyl (C=O) groups excluding carboxylic acids is 1. The van der Waals surface area contributed by atoms with Crippen LogP contribution >= 0.6 is 0 Å². The number of amides is 1. The molecule has 1 aromatic carbocycles. The normalized spacial score (nSPS) is 17.5. The highest BCUT2D eigenvalue weighted by Gasteiger charge is 2.18. The van der Waals surface area contributed by atoms with Crippen LogP contribution in [-0.4, -0.2) is 11.0 Å². The highest BCUT2D eigenvalue weighted by atomic mass is 16.3. The molecule has 19 heavy (non-hydrogen) atoms. The molecule has 1 amide bonds. The Morgan fingerprint density at radius 3 is 2.53 bits per heavy atom. The lowest BCUT2D eigenvalue weighted by molar-refractivity contribution is -0.125. The number of hydrogen-bond acceptors (Lipinski definition) is 2. The Labute approximate surface area is 115 Å². The Kier molecular flexibility index (Phi) is 5.25. The van der Waals surface area contributed by atoms with E-state index in [1.165, 1.54) is 32.1 Å². The highest BCUT2D eigenvalue weighted by molar-refractivity contribution is 5.78. The third-order valence-electron chi connectivity index (χ3n) is 3.85. The largest absolute Gasteiger partial charge is 0.508 e. The molecule has 1 aliphatic carbocycles. The molecule has 1 saturated carbocycles. The van der Waals surface area contributed by atoms with Gasteiger partial charge < -0.3 is 10.4 Å². The van der Waals surface area contributed by atoms with Crippen LogP contribution in [0, 0.1) is 5.92 Å². The molecule has 1 aliphatic rings. The third kappa shape index (κ3) is 4.58. The average molecular weight is 261 g/mol. The van der Waals surface area contributed by atoms with E-state index in [-0.39, 0.29) is 17.6 Å². The van der Waals surface area contributed by atoms with E-state index in [9.17, 15) is 9.90 Å². The number of hydrogen-bond donors (Lipinski definition) is 2. The summed E-state index contributed by atoms with van der Waals surface area (Å²) in [6.07, 6.45) is 8.22. The van der Waals surface area contributed by atoms with Crippen molar-refractivity contribution in [2.45, 2.75) is 51.5 Å². The summed E-state index contributed by atoms with van der Waals surface area (Å²) < 4.78 is 0. The Bertz CT molecular complexity index is 409. The van der Waals surface area contributed by atoms with Crippen LogP contribution in [0.4, 0.5) is 0 Å². The zero-order valence-electron chi connectivity index (χ0n) is 11.4. The van der Waals surface area contributed by atoms with Crippen LogP contribution in [0.5, 0.6) is 5.75 Å². The molecule has 0 aliphatic heterocycles. The predicted molar refractivity (Wildman–Crippen MR) is 75.8 cm³/mol. The van der Waals surface area contributed by atoms with Gasteiger partial charge in [0.1, 0.15) is 5.75 Å². The van der Waals surface area contributed by atoms with Crippen LogP contribution in [0.2, 0.25) is 0 Å². The van der Waals surface area contributed by atoms with Crippen LogP contribution in [-0.2, 0) is 11.3 Å². The van der Waals surface area contributed by atoms with Crippen molar-refractivity contribution >= 4 is 5.91 Å². The molecule has 0 unspecified atom stereocenters. The van der Waals surface area contributed by atoms with Gasteiger partial charge in [0.2, 0.25) is 5.91 Å². The van der Waals surface area contributed by atoms with Crippen molar-refractivity contribution < 1.29 is 9.90 Å². The summed E-state index contributed by atoms with van der Waals surface area (Å²) in [5.41, 5.74) is 0.944. The van der Waals surface area contributed by atoms with Gasteiger partial charge in [0.05, 0.1) is 0 Å². The lowest BCUT2D eigenvalue weighted by Gasteiger charge is -2.19. The maximum Gasteiger partial charge on any atom is 0.223 e. The summed E-state index contributed by atoms with van der Waals surface area (Å²) >= 11 is 0. The summed E-state index contributed by atoms with van der Waals surface area (Å²) in [5.74, 6) is 0.598. The highest BCUT2D eigenvalue weighted by Crippen LogP contribution is 2.22. The van der Waals surface area contributed by atoms with E-state index >= 15 is 0 Å². The SMILES string of the molecule is O=C(NCc1cccc(O)c1)C1CCCCCCC1. The van der Waals surface area contributed by atoms with E-state index in [4.69, 9.17) is 0 Å². The molecule has 0 bridgehead atoms. The van der Waals surface area contributed by atoms with Gasteiger partial charge in [-0.05, 0) is 30.5 Å². The fourth-order valence-corrected chi connectivity index (χ4v) is 2.72. The van der Waals surface area contributed by atoms with Gasteiger partial charge in [-0.25, -0.2) is 0 Å². The maximum absolute atomic E-state index is 12.1. The Morgan fingerprint density at radius 2 is 1.84 bits per heavy atom. The summed E-state index contributed by atoms with van der Waals surface area (Å²) in [7, 11) is 0. The number of rotatable bonds is 3. The molecule has 104 valence electrons. The molecule has 0 spiro atoms. The van der Waals surface area contributed by atoms with Crippen LogP contribution in [0.1, 0.15) is 50.5 Å². The predicted octanol–water partition coefficient (Wildman–Crippen LogP) is 3.37. The average Bonchev–Trinajstić information content (AvgIpc) is 2.36. The van der Waals surface area contributed by atoms with Crippen molar-refractivity contribution in [2.24, 2.45) is 5.92 Å². The minimum Gasteiger partial charge on any atom is -0.508 e. The van der Waals surface area contributed by atoms with Gasteiger partial charge >= 0.3 is 0 Å². The molecule has 0 aromatic heterocycles. The van der Waals surface area contributed by atoms with Crippen molar-refractivity contribution in [3.63, 3.8) is 0 Å². The monoisotopic (exact) mass is 261 g/mol. The number of carbonyl (C=O) groups is 1. The van der Waals surface area contributed by atoms with Crippen molar-refractivity contribution in [3.05, 3.63) is 29.8 Å². The quantitative estimate of drug-likeness (QED) is 0.876. The third-order valence-corrected chi connectivity index (χ3v) is 3.85. The molecular formula is C16H23NO2. The minimum absolute atomic E-state index is 0.172. The van der Waals surface area contributed by atoms with E-state index in [0.29, 0.717) is 6.54 Å². The second-order valence-corrected chi connectivity index (χ2v) is 5.43. The smallest absolute Gasteiger partial charge is 0.223 e. The van der Waals surface area contributed by atoms with Gasteiger partial charge in [0, 0.05) is 12.5 Å². The summed E-state index contributed by atoms with van der Waals surface area (Å²) in [6.45, 7) is 0.504. The van der Waals surface area contributed by atoms with Gasteiger partial charge in [0.15, 0.2) is 0 Å². The Morgan fingerprint density at radius 1 is 1.16 bits per heavy atom. The first kappa shape index (κ1) is 13.9. The van der Waals surface area contributed by atoms with Gasteiger partial charge in [-0.3, -0.25) is 4.79 Å². The van der Waals surface area contributed by atoms with Gasteiger partial charge in [-0.1, -0.05) is 44.2 Å². The zero-order valence-corrected chi connectivity index (χ0v) is 11.4. The number of aromatic hydroxyl groups is 1. The van der Waals surface area contributed by atoms with E-state index < -0.39 is 0 Å². The first-order chi connectivity index (χ1) is 9.25. The van der Waals surface area contributed by atoms with E-state index in [1.807, 2.05) is 6.07 Å². The van der Waals surface area contributed by atoms with Crippen molar-refractivity contribution in [1.29, 1.82) is 0 Å². The molecule has 0 radical (unpaired) electrons. The zero-order chi connectivity index (χ0) is 13.5. The molecule has 3 heteroatoms. The van der Waals surface area contributed by atoms with Crippen molar-refractivity contribution in [2.75, 3.05) is 0 Å². The van der Waals surface area contributed by atoms with Crippen LogP contribution in [0.15, 0.2) is 24.3 Å². The Hall–Kier alpha value is -1.51. The van der Waals surface area contributed by atoms with Gasteiger partial charge in [-0.15, -0.1) is 0 Å². The van der Waals surface area contributed by atoms with Crippen molar-refractivity contribution in [1.82, 2.24) is 5.32 Å². The maximum atomic E-state index is 12.1. The molecule has 3 nitrogen and oxygen atoms in total. The molecule has 1 fully saturated rings. The first-order valence-corrected chi connectivity index (χ1v) is 7.31. The van der Waals surface area contributed by atoms with Crippen LogP contribution in [0.25, 0.3) is 0 Å². The second-order valence-electron chi connectivity index (χ2n) is 5.43. The van der Waals surface area contributed by atoms with Crippen LogP contribution < -0.4 is 5.32 Å². The van der Waals surface area contributed by atoms with Gasteiger partial charge in [-0.2, -0.15) is 0 Å². The number of phenolic OH excluding ortho intramolecular Hbond substituents is 1. The molecule has 0 saturated heterocycles. The molecule has 0 atom stereocenters. The lowest BCUT2D eigenvalue weighted by Crippen LogP contribution is -2.30. The topological polar surface area (TPSA) is 49.3 Å². The molecule has 2 N–H and O–H groups in total. The van der Waals surface area contributed by atoms with E-state index in [0.717, 1.165) is 18.4 Å². The fraction of sp³-hybridized carbons (Fsp3) is 0.562. The summed E-state index contributed by atoms with van der Waals surface area (Å²) in [4.78, 5) is 12.1. The van der Waals surface area contributed by atoms with Gasteiger partial charge in [0.25, 0.3) is 0 Å². The summed E-state index contributed by atoms with van der Waals surface area (Å²) in [5, 5.41) is 12.4. The standard InChI is InChI=1S/C16H23NO2/c18-15-10-6-7-13(11-15)12-17-16(19)14-8-4-2-1-3-5-9-14/h6-7,10-11,14,18H,1-5,8-9,12H2,(H,17,19). The van der Waals surface area contributed by atoms with E-state index in [2.05, 4.69) is 5.32 Å². The van der Waals surface area contributed by atoms with Crippen molar-refractivity contribution in [3.8, 4) is 5.75 Å². The fourth-order valence-electron chi connectivity index (χ4n) is 2.72.